The van der Waals surface area contributed by atoms with Crippen molar-refractivity contribution in [2.75, 3.05) is 0 Å². The molecule has 2 heterocycles. The van der Waals surface area contributed by atoms with Gasteiger partial charge in [-0.3, -0.25) is 0 Å². The molecule has 0 saturated carbocycles. The van der Waals surface area contributed by atoms with Gasteiger partial charge in [-0.15, -0.1) is 0 Å². The van der Waals surface area contributed by atoms with E-state index < -0.39 is 0 Å². The highest BCUT2D eigenvalue weighted by Gasteiger charge is 2.19. The molecule has 2 aromatic heterocycles. The zero-order valence-electron chi connectivity index (χ0n) is 31.8. The smallest absolute Gasteiger partial charge is 0.160 e. The molecule has 0 amide bonds. The molecule has 13 aromatic rings. The second kappa shape index (κ2) is 12.3. The van der Waals surface area contributed by atoms with Gasteiger partial charge in [-0.05, 0) is 94.5 Å². The summed E-state index contributed by atoms with van der Waals surface area (Å²) in [6.07, 6.45) is 0. The summed E-state index contributed by atoms with van der Waals surface area (Å²) in [7, 11) is 0. The van der Waals surface area contributed by atoms with Gasteiger partial charge in [0.15, 0.2) is 5.82 Å². The number of fused-ring (bicyclic) bond motifs is 5. The molecule has 0 N–H and O–H groups in total. The van der Waals surface area contributed by atoms with Crippen molar-refractivity contribution in [3.05, 3.63) is 194 Å². The number of aromatic nitrogens is 2. The number of benzene rings is 10. The van der Waals surface area contributed by atoms with Crippen LogP contribution >= 0.6 is 0 Å². The van der Waals surface area contributed by atoms with Gasteiger partial charge in [0.2, 0.25) is 0 Å². The Balaban J connectivity index is 1.05. The van der Waals surface area contributed by atoms with E-state index in [4.69, 9.17) is 14.4 Å². The lowest BCUT2D eigenvalue weighted by Crippen LogP contribution is -1.96. The fourth-order valence-electron chi connectivity index (χ4n) is 9.69. The third-order valence-corrected chi connectivity index (χ3v) is 12.4. The number of para-hydroxylation sites is 2. The zero-order chi connectivity index (χ0) is 38.6. The maximum atomic E-state index is 6.40. The summed E-state index contributed by atoms with van der Waals surface area (Å²) in [4.78, 5) is 10.5. The Morgan fingerprint density at radius 2 is 0.831 bits per heavy atom. The monoisotopic (exact) mass is 748 g/mol. The van der Waals surface area contributed by atoms with Crippen LogP contribution in [0.1, 0.15) is 0 Å². The number of hydrogen-bond acceptors (Lipinski definition) is 3. The Morgan fingerprint density at radius 3 is 1.53 bits per heavy atom. The first-order valence-corrected chi connectivity index (χ1v) is 20.1. The molecule has 0 bridgehead atoms. The summed E-state index contributed by atoms with van der Waals surface area (Å²) in [5.74, 6) is 0.693. The van der Waals surface area contributed by atoms with Crippen LogP contribution in [-0.4, -0.2) is 9.97 Å². The van der Waals surface area contributed by atoms with E-state index in [-0.39, 0.29) is 0 Å². The van der Waals surface area contributed by atoms with E-state index in [0.29, 0.717) is 5.82 Å². The highest BCUT2D eigenvalue weighted by Crippen LogP contribution is 2.45. The van der Waals surface area contributed by atoms with Crippen molar-refractivity contribution in [1.82, 2.24) is 9.97 Å². The van der Waals surface area contributed by atoms with Gasteiger partial charge in [0, 0.05) is 33.0 Å². The van der Waals surface area contributed by atoms with Crippen molar-refractivity contribution in [2.45, 2.75) is 0 Å². The van der Waals surface area contributed by atoms with Crippen LogP contribution in [0.15, 0.2) is 199 Å². The van der Waals surface area contributed by atoms with E-state index in [9.17, 15) is 0 Å². The second-order valence-electron chi connectivity index (χ2n) is 15.6. The van der Waals surface area contributed by atoms with Gasteiger partial charge in [0.25, 0.3) is 0 Å². The first kappa shape index (κ1) is 32.2. The molecule has 0 radical (unpaired) electrons. The van der Waals surface area contributed by atoms with Gasteiger partial charge in [-0.2, -0.15) is 0 Å². The molecule has 59 heavy (non-hydrogen) atoms. The predicted molar refractivity (Wildman–Crippen MR) is 247 cm³/mol. The Morgan fingerprint density at radius 1 is 0.305 bits per heavy atom. The molecule has 0 fully saturated rings. The number of furan rings is 1. The lowest BCUT2D eigenvalue weighted by molar-refractivity contribution is 0.670. The van der Waals surface area contributed by atoms with E-state index in [1.165, 1.54) is 64.6 Å². The van der Waals surface area contributed by atoms with Crippen LogP contribution in [0.3, 0.4) is 0 Å². The number of nitrogens with zero attached hydrogens (tertiary/aromatic N) is 2. The highest BCUT2D eigenvalue weighted by atomic mass is 16.3. The summed E-state index contributed by atoms with van der Waals surface area (Å²) < 4.78 is 6.40. The fourth-order valence-corrected chi connectivity index (χ4v) is 9.69. The Kier molecular flexibility index (Phi) is 6.72. The molecule has 11 aromatic carbocycles. The van der Waals surface area contributed by atoms with E-state index in [2.05, 4.69) is 164 Å². The molecular formula is C56H32N2O. The van der Waals surface area contributed by atoms with Crippen LogP contribution in [0.25, 0.3) is 132 Å². The zero-order valence-corrected chi connectivity index (χ0v) is 31.8. The lowest BCUT2D eigenvalue weighted by atomic mass is 9.87. The van der Waals surface area contributed by atoms with E-state index in [1.54, 1.807) is 0 Å². The molecular weight excluding hydrogens is 717 g/mol. The first-order chi connectivity index (χ1) is 29.2. The highest BCUT2D eigenvalue weighted by molar-refractivity contribution is 6.37. The van der Waals surface area contributed by atoms with Crippen LogP contribution in [0, 0.1) is 0 Å². The van der Waals surface area contributed by atoms with Crippen molar-refractivity contribution >= 4 is 86.6 Å². The molecule has 272 valence electrons. The van der Waals surface area contributed by atoms with Gasteiger partial charge in [-0.25, -0.2) is 9.97 Å². The van der Waals surface area contributed by atoms with Crippen LogP contribution in [0.2, 0.25) is 0 Å². The summed E-state index contributed by atoms with van der Waals surface area (Å²) >= 11 is 0. The van der Waals surface area contributed by atoms with Gasteiger partial charge >= 0.3 is 0 Å². The molecule has 0 unspecified atom stereocenters. The minimum atomic E-state index is 0.693. The van der Waals surface area contributed by atoms with Crippen molar-refractivity contribution in [2.24, 2.45) is 0 Å². The maximum absolute atomic E-state index is 6.40. The van der Waals surface area contributed by atoms with Crippen molar-refractivity contribution in [3.63, 3.8) is 0 Å². The summed E-state index contributed by atoms with van der Waals surface area (Å²) in [5.41, 5.74) is 8.75. The quantitative estimate of drug-likeness (QED) is 0.168. The molecule has 3 nitrogen and oxygen atoms in total. The number of hydrogen-bond donors (Lipinski definition) is 0. The SMILES string of the molecule is c1ccc(-c2nc(-c3ccc(-c4cccc5c4oc4ccccc45)cc3)cc(-c3cc4ccc5cccc6c7cccc8ccc9cccc(c(c3)c4c56)c9c87)n2)cc1. The average Bonchev–Trinajstić information content (AvgIpc) is 3.69. The average molecular weight is 749 g/mol. The lowest BCUT2D eigenvalue weighted by Gasteiger charge is -2.17. The molecule has 0 atom stereocenters. The minimum Gasteiger partial charge on any atom is -0.455 e. The Hall–Kier alpha value is -7.88. The summed E-state index contributed by atoms with van der Waals surface area (Å²) in [6.45, 7) is 0. The minimum absolute atomic E-state index is 0.693. The standard InChI is InChI=1S/C56H32N2O/c1-2-10-38(11-3-1)56-57-48(34-24-22-33(23-25-34)41-16-9-20-46-42-15-4-5-21-50(42)59-55(41)46)32-49(58-56)40-30-39-29-28-37-13-7-18-44-43-17-6-12-35-26-27-36-14-8-19-45(53(36)51(35)43)47(31-40)54(39)52(37)44/h1-32H. The Labute approximate surface area is 338 Å². The molecule has 0 aliphatic heterocycles. The van der Waals surface area contributed by atoms with E-state index in [0.717, 1.165) is 61.1 Å². The van der Waals surface area contributed by atoms with Gasteiger partial charge in [0.05, 0.1) is 11.4 Å². The third kappa shape index (κ3) is 4.82. The molecule has 0 saturated heterocycles. The first-order valence-electron chi connectivity index (χ1n) is 20.1. The second-order valence-corrected chi connectivity index (χ2v) is 15.6. The largest absolute Gasteiger partial charge is 0.455 e. The molecule has 13 rings (SSSR count). The van der Waals surface area contributed by atoms with Gasteiger partial charge < -0.3 is 4.42 Å². The van der Waals surface area contributed by atoms with E-state index in [1.807, 2.05) is 30.3 Å². The van der Waals surface area contributed by atoms with Crippen LogP contribution in [0.4, 0.5) is 0 Å². The van der Waals surface area contributed by atoms with Crippen LogP contribution in [0.5, 0.6) is 0 Å². The Bertz CT molecular complexity index is 3820. The van der Waals surface area contributed by atoms with E-state index >= 15 is 0 Å². The third-order valence-electron chi connectivity index (χ3n) is 12.4. The molecule has 0 aliphatic carbocycles. The van der Waals surface area contributed by atoms with Gasteiger partial charge in [0.1, 0.15) is 11.2 Å². The predicted octanol–water partition coefficient (Wildman–Crippen LogP) is 15.4. The van der Waals surface area contributed by atoms with Crippen molar-refractivity contribution in [3.8, 4) is 45.0 Å². The molecule has 0 spiro atoms. The molecule has 0 aliphatic rings. The fraction of sp³-hybridized carbons (Fsp3) is 0. The van der Waals surface area contributed by atoms with Crippen molar-refractivity contribution in [1.29, 1.82) is 0 Å². The van der Waals surface area contributed by atoms with Crippen molar-refractivity contribution < 1.29 is 4.42 Å². The van der Waals surface area contributed by atoms with Crippen LogP contribution < -0.4 is 0 Å². The van der Waals surface area contributed by atoms with Crippen LogP contribution in [-0.2, 0) is 0 Å². The normalized spacial score (nSPS) is 12.1. The maximum Gasteiger partial charge on any atom is 0.160 e. The topological polar surface area (TPSA) is 38.9 Å². The molecule has 3 heteroatoms. The number of rotatable bonds is 4. The summed E-state index contributed by atoms with van der Waals surface area (Å²) in [5, 5.41) is 17.3. The summed E-state index contributed by atoms with van der Waals surface area (Å²) in [6, 6.07) is 69.8. The van der Waals surface area contributed by atoms with Gasteiger partial charge in [-0.1, -0.05) is 170 Å².